The van der Waals surface area contributed by atoms with E-state index >= 15 is 0 Å². The van der Waals surface area contributed by atoms with Crippen LogP contribution in [0.2, 0.25) is 0 Å². The molecule has 0 aliphatic rings. The number of benzene rings is 2. The molecule has 0 atom stereocenters. The molecular weight excluding hydrogens is 384 g/mol. The maximum absolute atomic E-state index is 12.8. The number of anilines is 1. The minimum absolute atomic E-state index is 0.126. The van der Waals surface area contributed by atoms with Crippen LogP contribution in [0.1, 0.15) is 12.0 Å². The molecule has 8 nitrogen and oxygen atoms in total. The molecule has 0 saturated carbocycles. The van der Waals surface area contributed by atoms with Gasteiger partial charge in [0.05, 0.1) is 20.5 Å². The fourth-order valence-electron chi connectivity index (χ4n) is 3.42. The lowest BCUT2D eigenvalue weighted by atomic mass is 10.2. The topological polar surface area (TPSA) is 98.2 Å². The molecule has 0 spiro atoms. The molecule has 4 aromatic rings. The van der Waals surface area contributed by atoms with Crippen molar-refractivity contribution in [1.29, 1.82) is 0 Å². The highest BCUT2D eigenvalue weighted by molar-refractivity contribution is 6.04. The fourth-order valence-corrected chi connectivity index (χ4v) is 3.42. The van der Waals surface area contributed by atoms with Crippen LogP contribution in [0, 0.1) is 6.92 Å². The van der Waals surface area contributed by atoms with Crippen LogP contribution in [0.25, 0.3) is 21.9 Å². The molecule has 2 heterocycles. The molecule has 2 N–H and O–H groups in total. The van der Waals surface area contributed by atoms with Crippen molar-refractivity contribution in [3.05, 3.63) is 58.6 Å². The van der Waals surface area contributed by atoms with E-state index in [0.29, 0.717) is 28.2 Å². The van der Waals surface area contributed by atoms with Gasteiger partial charge in [0, 0.05) is 35.6 Å². The van der Waals surface area contributed by atoms with Crippen molar-refractivity contribution < 1.29 is 14.3 Å². The number of amides is 1. The van der Waals surface area contributed by atoms with Crippen molar-refractivity contribution in [2.24, 2.45) is 0 Å². The number of ether oxygens (including phenoxy) is 2. The van der Waals surface area contributed by atoms with Crippen LogP contribution < -0.4 is 20.3 Å². The summed E-state index contributed by atoms with van der Waals surface area (Å²) in [6.07, 6.45) is 1.62. The molecule has 0 fully saturated rings. The lowest BCUT2D eigenvalue weighted by Gasteiger charge is -2.11. The van der Waals surface area contributed by atoms with E-state index in [2.05, 4.69) is 15.3 Å². The van der Waals surface area contributed by atoms with Crippen LogP contribution in [-0.4, -0.2) is 34.7 Å². The second-order valence-electron chi connectivity index (χ2n) is 7.01. The summed E-state index contributed by atoms with van der Waals surface area (Å²) in [7, 11) is 3.08. The van der Waals surface area contributed by atoms with E-state index in [1.54, 1.807) is 25.3 Å². The van der Waals surface area contributed by atoms with Crippen molar-refractivity contribution in [1.82, 2.24) is 14.5 Å². The average molecular weight is 406 g/mol. The number of aromatic nitrogens is 3. The second kappa shape index (κ2) is 7.90. The van der Waals surface area contributed by atoms with Crippen molar-refractivity contribution in [2.75, 3.05) is 19.5 Å². The van der Waals surface area contributed by atoms with Crippen LogP contribution in [0.5, 0.6) is 11.5 Å². The Kier molecular flexibility index (Phi) is 5.14. The summed E-state index contributed by atoms with van der Waals surface area (Å²) in [6.45, 7) is 2.21. The van der Waals surface area contributed by atoms with E-state index in [1.807, 2.05) is 25.1 Å². The molecule has 8 heteroatoms. The molecular formula is C22H22N4O4. The molecule has 0 aliphatic carbocycles. The SMILES string of the molecule is COc1ccc(NC(=O)CCn2cnc3c([nH]c4ccc(C)cc43)c2=O)cc1OC. The van der Waals surface area contributed by atoms with Gasteiger partial charge in [0.1, 0.15) is 11.0 Å². The minimum Gasteiger partial charge on any atom is -0.493 e. The van der Waals surface area contributed by atoms with Gasteiger partial charge in [-0.2, -0.15) is 0 Å². The van der Waals surface area contributed by atoms with Gasteiger partial charge in [0.25, 0.3) is 5.56 Å². The second-order valence-corrected chi connectivity index (χ2v) is 7.01. The maximum atomic E-state index is 12.8. The predicted octanol–water partition coefficient (Wildman–Crippen LogP) is 3.23. The Morgan fingerprint density at radius 3 is 2.70 bits per heavy atom. The number of methoxy groups -OCH3 is 2. The number of carbonyl (C=O) groups is 1. The van der Waals surface area contributed by atoms with Gasteiger partial charge in [-0.1, -0.05) is 11.6 Å². The zero-order valence-electron chi connectivity index (χ0n) is 17.0. The highest BCUT2D eigenvalue weighted by Crippen LogP contribution is 2.29. The highest BCUT2D eigenvalue weighted by atomic mass is 16.5. The summed E-state index contributed by atoms with van der Waals surface area (Å²) in [4.78, 5) is 32.8. The Hall–Kier alpha value is -3.81. The van der Waals surface area contributed by atoms with Crippen LogP contribution in [0.4, 0.5) is 5.69 Å². The van der Waals surface area contributed by atoms with E-state index in [-0.39, 0.29) is 24.4 Å². The third-order valence-corrected chi connectivity index (χ3v) is 4.97. The Bertz CT molecular complexity index is 1310. The van der Waals surface area contributed by atoms with Crippen LogP contribution in [0.15, 0.2) is 47.5 Å². The first kappa shape index (κ1) is 19.5. The lowest BCUT2D eigenvalue weighted by Crippen LogP contribution is -2.23. The van der Waals surface area contributed by atoms with Gasteiger partial charge in [-0.05, 0) is 31.2 Å². The number of hydrogen-bond acceptors (Lipinski definition) is 5. The van der Waals surface area contributed by atoms with E-state index in [4.69, 9.17) is 9.47 Å². The van der Waals surface area contributed by atoms with E-state index in [0.717, 1.165) is 16.5 Å². The summed E-state index contributed by atoms with van der Waals surface area (Å²) in [5.74, 6) is 0.881. The normalized spacial score (nSPS) is 11.0. The van der Waals surface area contributed by atoms with E-state index in [1.165, 1.54) is 18.0 Å². The minimum atomic E-state index is -0.221. The van der Waals surface area contributed by atoms with Gasteiger partial charge >= 0.3 is 0 Å². The number of carbonyl (C=O) groups excluding carboxylic acids is 1. The molecule has 0 saturated heterocycles. The van der Waals surface area contributed by atoms with Gasteiger partial charge in [-0.3, -0.25) is 14.2 Å². The zero-order valence-corrected chi connectivity index (χ0v) is 17.0. The number of rotatable bonds is 6. The predicted molar refractivity (Wildman–Crippen MR) is 115 cm³/mol. The molecule has 0 aliphatic heterocycles. The fraction of sp³-hybridized carbons (Fsp3) is 0.227. The average Bonchev–Trinajstić information content (AvgIpc) is 3.12. The van der Waals surface area contributed by atoms with E-state index < -0.39 is 0 Å². The summed E-state index contributed by atoms with van der Waals surface area (Å²) in [5, 5.41) is 3.72. The number of nitrogens with zero attached hydrogens (tertiary/aromatic N) is 2. The van der Waals surface area contributed by atoms with Gasteiger partial charge in [-0.25, -0.2) is 4.98 Å². The van der Waals surface area contributed by atoms with Gasteiger partial charge in [0.15, 0.2) is 11.5 Å². The smallest absolute Gasteiger partial charge is 0.277 e. The molecule has 154 valence electrons. The Morgan fingerprint density at radius 2 is 1.93 bits per heavy atom. The Balaban J connectivity index is 1.51. The number of nitrogens with one attached hydrogen (secondary N) is 2. The molecule has 0 bridgehead atoms. The van der Waals surface area contributed by atoms with Crippen LogP contribution in [-0.2, 0) is 11.3 Å². The molecule has 0 unspecified atom stereocenters. The zero-order chi connectivity index (χ0) is 21.3. The van der Waals surface area contributed by atoms with Gasteiger partial charge < -0.3 is 19.8 Å². The lowest BCUT2D eigenvalue weighted by molar-refractivity contribution is -0.116. The molecule has 2 aromatic carbocycles. The highest BCUT2D eigenvalue weighted by Gasteiger charge is 2.12. The Morgan fingerprint density at radius 1 is 1.13 bits per heavy atom. The quantitative estimate of drug-likeness (QED) is 0.512. The van der Waals surface area contributed by atoms with E-state index in [9.17, 15) is 9.59 Å². The van der Waals surface area contributed by atoms with Crippen molar-refractivity contribution in [2.45, 2.75) is 19.9 Å². The first-order valence-corrected chi connectivity index (χ1v) is 9.49. The van der Waals surface area contributed by atoms with Crippen molar-refractivity contribution >= 4 is 33.5 Å². The maximum Gasteiger partial charge on any atom is 0.277 e. The summed E-state index contributed by atoms with van der Waals surface area (Å²) in [5.41, 5.74) is 3.44. The molecule has 30 heavy (non-hydrogen) atoms. The summed E-state index contributed by atoms with van der Waals surface area (Å²) >= 11 is 0. The molecule has 0 radical (unpaired) electrons. The van der Waals surface area contributed by atoms with Crippen molar-refractivity contribution in [3.63, 3.8) is 0 Å². The number of hydrogen-bond donors (Lipinski definition) is 2. The largest absolute Gasteiger partial charge is 0.493 e. The number of aromatic amines is 1. The molecule has 4 rings (SSSR count). The number of aryl methyl sites for hydroxylation is 2. The number of H-pyrrole nitrogens is 1. The standard InChI is InChI=1S/C22H22N4O4/c1-13-4-6-16-15(10-13)20-21(25-16)22(28)26(12-23-20)9-8-19(27)24-14-5-7-17(29-2)18(11-14)30-3/h4-7,10-12,25H,8-9H2,1-3H3,(H,24,27). The third kappa shape index (κ3) is 3.59. The van der Waals surface area contributed by atoms with Gasteiger partial charge in [-0.15, -0.1) is 0 Å². The van der Waals surface area contributed by atoms with Crippen LogP contribution in [0.3, 0.4) is 0 Å². The molecule has 2 aromatic heterocycles. The summed E-state index contributed by atoms with van der Waals surface area (Å²) in [6, 6.07) is 11.0. The Labute approximate surface area is 172 Å². The molecule has 1 amide bonds. The summed E-state index contributed by atoms with van der Waals surface area (Å²) < 4.78 is 11.9. The van der Waals surface area contributed by atoms with Crippen molar-refractivity contribution in [3.8, 4) is 11.5 Å². The number of fused-ring (bicyclic) bond motifs is 3. The van der Waals surface area contributed by atoms with Crippen LogP contribution >= 0.6 is 0 Å². The third-order valence-electron chi connectivity index (χ3n) is 4.97. The van der Waals surface area contributed by atoms with Gasteiger partial charge in [0.2, 0.25) is 5.91 Å². The first-order chi connectivity index (χ1) is 14.5. The first-order valence-electron chi connectivity index (χ1n) is 9.49. The monoisotopic (exact) mass is 406 g/mol.